The second kappa shape index (κ2) is 13.3. The number of nitrogens with one attached hydrogen (secondary N) is 1. The van der Waals surface area contributed by atoms with Crippen molar-refractivity contribution in [2.24, 2.45) is 17.8 Å². The summed E-state index contributed by atoms with van der Waals surface area (Å²) in [5, 5.41) is 4.09. The lowest BCUT2D eigenvalue weighted by atomic mass is 9.69. The highest BCUT2D eigenvalue weighted by Crippen LogP contribution is 2.48. The van der Waals surface area contributed by atoms with Crippen LogP contribution in [0.5, 0.6) is 0 Å². The van der Waals surface area contributed by atoms with E-state index in [1.807, 2.05) is 23.9 Å². The first kappa shape index (κ1) is 28.2. The second-order valence-electron chi connectivity index (χ2n) is 9.86. The number of rotatable bonds is 11. The predicted octanol–water partition coefficient (Wildman–Crippen LogP) is 9.97. The molecule has 4 heteroatoms. The van der Waals surface area contributed by atoms with Gasteiger partial charge in [-0.05, 0) is 86.0 Å². The normalized spacial score (nSPS) is 25.3. The summed E-state index contributed by atoms with van der Waals surface area (Å²) in [5.74, 6) is 1.91. The number of halogens is 2. The zero-order valence-corrected chi connectivity index (χ0v) is 24.1. The molecule has 3 aliphatic rings. The molecule has 35 heavy (non-hydrogen) atoms. The number of allylic oxidation sites excluding steroid dienone is 13. The summed E-state index contributed by atoms with van der Waals surface area (Å²) in [4.78, 5) is 1.42. The zero-order chi connectivity index (χ0) is 25.5. The van der Waals surface area contributed by atoms with Crippen LogP contribution in [0, 0.1) is 17.8 Å². The summed E-state index contributed by atoms with van der Waals surface area (Å²) >= 11 is 15.5. The molecule has 0 aromatic carbocycles. The second-order valence-corrected chi connectivity index (χ2v) is 11.9. The van der Waals surface area contributed by atoms with Gasteiger partial charge in [-0.3, -0.25) is 0 Å². The van der Waals surface area contributed by atoms with Crippen LogP contribution in [-0.4, -0.2) is 11.1 Å². The maximum atomic E-state index is 6.93. The highest BCUT2D eigenvalue weighted by atomic mass is 35.5. The van der Waals surface area contributed by atoms with Crippen LogP contribution in [0.3, 0.4) is 0 Å². The third kappa shape index (κ3) is 6.90. The quantitative estimate of drug-likeness (QED) is 0.267. The fourth-order valence-corrected chi connectivity index (χ4v) is 7.09. The van der Waals surface area contributed by atoms with Crippen molar-refractivity contribution in [3.8, 4) is 0 Å². The Morgan fingerprint density at radius 2 is 1.86 bits per heavy atom. The molecule has 1 aliphatic heterocycles. The molecule has 0 amide bonds. The highest BCUT2D eigenvalue weighted by Gasteiger charge is 2.39. The number of hydrogen-bond acceptors (Lipinski definition) is 2. The van der Waals surface area contributed by atoms with Crippen LogP contribution in [0.4, 0.5) is 0 Å². The molecule has 1 heterocycles. The van der Waals surface area contributed by atoms with E-state index in [0.717, 1.165) is 36.3 Å². The fraction of sp³-hybridized carbons (Fsp3) is 0.484. The van der Waals surface area contributed by atoms with Gasteiger partial charge in [0.05, 0.1) is 5.38 Å². The number of dihydropyridines is 1. The Hall–Kier alpha value is -1.35. The van der Waals surface area contributed by atoms with Gasteiger partial charge < -0.3 is 5.32 Å². The van der Waals surface area contributed by atoms with Gasteiger partial charge in [0.1, 0.15) is 0 Å². The Morgan fingerprint density at radius 1 is 1.14 bits per heavy atom. The number of hydrogen-bond donors (Lipinski definition) is 1. The van der Waals surface area contributed by atoms with Crippen molar-refractivity contribution < 1.29 is 0 Å². The van der Waals surface area contributed by atoms with Crippen molar-refractivity contribution in [3.63, 3.8) is 0 Å². The lowest BCUT2D eigenvalue weighted by molar-refractivity contribution is 0.466. The van der Waals surface area contributed by atoms with Crippen molar-refractivity contribution in [1.82, 2.24) is 5.32 Å². The molecule has 0 aromatic heterocycles. The molecule has 2 aliphatic carbocycles. The molecule has 3 rings (SSSR count). The van der Waals surface area contributed by atoms with Gasteiger partial charge in [-0.2, -0.15) is 0 Å². The Labute approximate surface area is 227 Å². The average Bonchev–Trinajstić information content (AvgIpc) is 2.84. The third-order valence-electron chi connectivity index (χ3n) is 7.44. The van der Waals surface area contributed by atoms with Crippen LogP contribution in [-0.2, 0) is 0 Å². The van der Waals surface area contributed by atoms with Crippen molar-refractivity contribution in [3.05, 3.63) is 93.2 Å². The van der Waals surface area contributed by atoms with E-state index in [1.165, 1.54) is 46.6 Å². The smallest absolute Gasteiger partial charge is 0.0763 e. The largest absolute Gasteiger partial charge is 0.362 e. The molecule has 1 nitrogen and oxygen atoms in total. The first-order valence-electron chi connectivity index (χ1n) is 13.0. The zero-order valence-electron chi connectivity index (χ0n) is 21.8. The topological polar surface area (TPSA) is 12.0 Å². The number of alkyl halides is 1. The van der Waals surface area contributed by atoms with Crippen LogP contribution in [0.15, 0.2) is 93.2 Å². The molecule has 0 fully saturated rings. The van der Waals surface area contributed by atoms with E-state index in [9.17, 15) is 0 Å². The fourth-order valence-electron chi connectivity index (χ4n) is 5.45. The summed E-state index contributed by atoms with van der Waals surface area (Å²) in [6, 6.07) is 0. The lowest BCUT2D eigenvalue weighted by Gasteiger charge is -2.40. The van der Waals surface area contributed by atoms with Gasteiger partial charge in [0.15, 0.2) is 0 Å². The van der Waals surface area contributed by atoms with Gasteiger partial charge in [-0.15, -0.1) is 23.4 Å². The standard InChI is InChI=1S/C31H41Cl2NS/c1-7-20(3)28-22(5)34-23(6)29(30(28)26-15-12-16-27(32)31(26)33)21(4)19-24(8-2)17-18-35-25-13-10-9-11-14-25/h10,12-16,24,26,30-31,34H,3-4,7-9,11,17-19H2,1-2,5-6H3. The van der Waals surface area contributed by atoms with Crippen LogP contribution in [0.1, 0.15) is 66.2 Å². The monoisotopic (exact) mass is 529 g/mol. The Balaban J connectivity index is 1.83. The van der Waals surface area contributed by atoms with Gasteiger partial charge >= 0.3 is 0 Å². The summed E-state index contributed by atoms with van der Waals surface area (Å²) < 4.78 is 0. The first-order chi connectivity index (χ1) is 16.8. The molecule has 1 N–H and O–H groups in total. The van der Waals surface area contributed by atoms with E-state index in [4.69, 9.17) is 23.2 Å². The summed E-state index contributed by atoms with van der Waals surface area (Å²) in [5.41, 5.74) is 7.26. The van der Waals surface area contributed by atoms with Gasteiger partial charge in [-0.1, -0.05) is 75.4 Å². The van der Waals surface area contributed by atoms with Crippen LogP contribution >= 0.6 is 35.0 Å². The summed E-state index contributed by atoms with van der Waals surface area (Å²) in [6.07, 6.45) is 19.7. The van der Waals surface area contributed by atoms with Crippen molar-refractivity contribution in [2.45, 2.75) is 71.6 Å². The van der Waals surface area contributed by atoms with E-state index >= 15 is 0 Å². The maximum absolute atomic E-state index is 6.93. The summed E-state index contributed by atoms with van der Waals surface area (Å²) in [7, 11) is 0. The maximum Gasteiger partial charge on any atom is 0.0763 e. The predicted molar refractivity (Wildman–Crippen MR) is 159 cm³/mol. The Kier molecular flexibility index (Phi) is 10.7. The minimum absolute atomic E-state index is 0.0619. The minimum atomic E-state index is -0.261. The van der Waals surface area contributed by atoms with E-state index in [2.05, 4.69) is 70.5 Å². The highest BCUT2D eigenvalue weighted by molar-refractivity contribution is 8.03. The van der Waals surface area contributed by atoms with Crippen LogP contribution in [0.25, 0.3) is 0 Å². The molecule has 190 valence electrons. The molecule has 0 radical (unpaired) electrons. The molecule has 0 aromatic rings. The number of thioether (sulfide) groups is 1. The molecule has 0 saturated heterocycles. The van der Waals surface area contributed by atoms with Crippen molar-refractivity contribution in [2.75, 3.05) is 5.75 Å². The SMILES string of the molecule is C=C(CC)C1=C(C)NC(C)=C(C(=C)CC(CC)CCSC2=CCCC=C2)C1C1C=CC=C(Cl)C1Cl. The van der Waals surface area contributed by atoms with Gasteiger partial charge in [0, 0.05) is 33.2 Å². The van der Waals surface area contributed by atoms with Crippen molar-refractivity contribution >= 4 is 35.0 Å². The first-order valence-corrected chi connectivity index (χ1v) is 14.8. The molecule has 0 bridgehead atoms. The van der Waals surface area contributed by atoms with E-state index in [-0.39, 0.29) is 17.2 Å². The molecule has 4 atom stereocenters. The van der Waals surface area contributed by atoms with Gasteiger partial charge in [0.25, 0.3) is 0 Å². The molecule has 0 spiro atoms. The molecular formula is C31H41Cl2NS. The third-order valence-corrected chi connectivity index (χ3v) is 9.51. The Bertz CT molecular complexity index is 1010. The van der Waals surface area contributed by atoms with Crippen LogP contribution < -0.4 is 5.32 Å². The lowest BCUT2D eigenvalue weighted by Crippen LogP contribution is -2.35. The van der Waals surface area contributed by atoms with Crippen LogP contribution in [0.2, 0.25) is 0 Å². The van der Waals surface area contributed by atoms with E-state index in [1.54, 1.807) is 0 Å². The Morgan fingerprint density at radius 3 is 2.49 bits per heavy atom. The minimum Gasteiger partial charge on any atom is -0.362 e. The van der Waals surface area contributed by atoms with E-state index < -0.39 is 0 Å². The van der Waals surface area contributed by atoms with E-state index in [0.29, 0.717) is 11.0 Å². The van der Waals surface area contributed by atoms with Crippen molar-refractivity contribution in [1.29, 1.82) is 0 Å². The van der Waals surface area contributed by atoms with Gasteiger partial charge in [0.2, 0.25) is 0 Å². The molecule has 4 unspecified atom stereocenters. The molecular weight excluding hydrogens is 489 g/mol. The summed E-state index contributed by atoms with van der Waals surface area (Å²) in [6.45, 7) is 17.9. The molecule has 0 saturated carbocycles. The average molecular weight is 531 g/mol. The van der Waals surface area contributed by atoms with Gasteiger partial charge in [-0.25, -0.2) is 0 Å².